The van der Waals surface area contributed by atoms with Crippen LogP contribution in [-0.4, -0.2) is 51.0 Å². The van der Waals surface area contributed by atoms with E-state index in [-0.39, 0.29) is 10.8 Å². The van der Waals surface area contributed by atoms with Crippen LogP contribution in [0.5, 0.6) is 0 Å². The van der Waals surface area contributed by atoms with Gasteiger partial charge < -0.3 is 0 Å². The molecular weight excluding hydrogens is 420 g/mol. The minimum Gasteiger partial charge on any atom is -0.277 e. The highest BCUT2D eigenvalue weighted by atomic mass is 32.2. The van der Waals surface area contributed by atoms with Gasteiger partial charge in [-0.05, 0) is 45.9 Å². The summed E-state index contributed by atoms with van der Waals surface area (Å²) in [5.41, 5.74) is 3.65. The van der Waals surface area contributed by atoms with Crippen LogP contribution in [0.2, 0.25) is 0 Å². The van der Waals surface area contributed by atoms with Gasteiger partial charge in [0, 0.05) is 25.5 Å². The van der Waals surface area contributed by atoms with E-state index in [1.165, 1.54) is 21.1 Å². The molecule has 0 aliphatic carbocycles. The van der Waals surface area contributed by atoms with Crippen molar-refractivity contribution in [2.75, 3.05) is 25.6 Å². The van der Waals surface area contributed by atoms with Crippen molar-refractivity contribution in [1.82, 2.24) is 8.61 Å². The zero-order chi connectivity index (χ0) is 22.5. The highest BCUT2D eigenvalue weighted by molar-refractivity contribution is 7.88. The molecule has 1 aromatic carbocycles. The summed E-state index contributed by atoms with van der Waals surface area (Å²) in [5, 5.41) is 0. The summed E-state index contributed by atoms with van der Waals surface area (Å²) in [6, 6.07) is 8.02. The van der Waals surface area contributed by atoms with E-state index in [0.29, 0.717) is 13.1 Å². The molecule has 166 valence electrons. The van der Waals surface area contributed by atoms with Gasteiger partial charge in [0.2, 0.25) is 20.0 Å². The number of nitrogens with zero attached hydrogens (tertiary/aromatic N) is 2. The predicted octanol–water partition coefficient (Wildman–Crippen LogP) is 3.75. The SMILES string of the molecule is CC1(C)CCN(S(C)(=O)=O)C=C1c1ccc(C2=CN(S(C)(=O)=O)CCC2(C)C)cc1. The molecule has 8 heteroatoms. The number of hydrogen-bond donors (Lipinski definition) is 0. The molecule has 30 heavy (non-hydrogen) atoms. The number of allylic oxidation sites excluding steroid dienone is 2. The van der Waals surface area contributed by atoms with Crippen LogP contribution in [0.25, 0.3) is 11.1 Å². The van der Waals surface area contributed by atoms with E-state index >= 15 is 0 Å². The lowest BCUT2D eigenvalue weighted by atomic mass is 9.74. The number of sulfonamides is 2. The Kier molecular flexibility index (Phi) is 5.65. The Morgan fingerprint density at radius 2 is 0.967 bits per heavy atom. The Labute approximate surface area is 181 Å². The summed E-state index contributed by atoms with van der Waals surface area (Å²) in [5.74, 6) is 0. The second-order valence-corrected chi connectivity index (χ2v) is 13.5. The molecule has 2 aliphatic rings. The standard InChI is InChI=1S/C22H32N2O4S2/c1-21(2)11-13-23(29(5,25)26)15-19(21)17-7-9-18(10-8-17)20-16-24(30(6,27)28)14-12-22(20,3)4/h7-10,15-16H,11-14H2,1-6H3. The maximum atomic E-state index is 12.0. The first-order chi connectivity index (χ1) is 13.6. The summed E-state index contributed by atoms with van der Waals surface area (Å²) < 4.78 is 51.0. The summed E-state index contributed by atoms with van der Waals surface area (Å²) in [6.45, 7) is 9.48. The van der Waals surface area contributed by atoms with Gasteiger partial charge in [-0.1, -0.05) is 52.0 Å². The van der Waals surface area contributed by atoms with Crippen molar-refractivity contribution >= 4 is 31.2 Å². The Morgan fingerprint density at radius 3 is 1.23 bits per heavy atom. The van der Waals surface area contributed by atoms with E-state index in [0.717, 1.165) is 35.1 Å². The van der Waals surface area contributed by atoms with Gasteiger partial charge in [0.15, 0.2) is 0 Å². The Bertz CT molecular complexity index is 1010. The number of rotatable bonds is 4. The van der Waals surface area contributed by atoms with E-state index in [4.69, 9.17) is 0 Å². The molecule has 1 aromatic rings. The zero-order valence-corrected chi connectivity index (χ0v) is 20.3. The fourth-order valence-electron chi connectivity index (χ4n) is 4.10. The molecule has 2 aliphatic heterocycles. The van der Waals surface area contributed by atoms with Crippen LogP contribution in [0, 0.1) is 10.8 Å². The topological polar surface area (TPSA) is 74.8 Å². The minimum atomic E-state index is -3.29. The van der Waals surface area contributed by atoms with E-state index < -0.39 is 20.0 Å². The van der Waals surface area contributed by atoms with Crippen molar-refractivity contribution in [3.05, 3.63) is 47.8 Å². The van der Waals surface area contributed by atoms with Crippen LogP contribution >= 0.6 is 0 Å². The van der Waals surface area contributed by atoms with Crippen LogP contribution in [0.4, 0.5) is 0 Å². The third-order valence-corrected chi connectivity index (χ3v) is 8.56. The van der Waals surface area contributed by atoms with E-state index in [1.807, 2.05) is 24.3 Å². The average Bonchev–Trinajstić information content (AvgIpc) is 2.59. The van der Waals surface area contributed by atoms with Crippen LogP contribution in [0.3, 0.4) is 0 Å². The zero-order valence-electron chi connectivity index (χ0n) is 18.6. The van der Waals surface area contributed by atoms with Crippen LogP contribution < -0.4 is 0 Å². The molecule has 0 spiro atoms. The van der Waals surface area contributed by atoms with Crippen molar-refractivity contribution in [2.24, 2.45) is 10.8 Å². The van der Waals surface area contributed by atoms with Crippen LogP contribution in [-0.2, 0) is 20.0 Å². The third-order valence-electron chi connectivity index (χ3n) is 6.28. The molecule has 6 nitrogen and oxygen atoms in total. The second kappa shape index (κ2) is 7.41. The minimum absolute atomic E-state index is 0.140. The molecule has 0 N–H and O–H groups in total. The molecule has 0 radical (unpaired) electrons. The van der Waals surface area contributed by atoms with Gasteiger partial charge in [0.1, 0.15) is 0 Å². The number of hydrogen-bond acceptors (Lipinski definition) is 4. The Balaban J connectivity index is 2.01. The van der Waals surface area contributed by atoms with Crippen LogP contribution in [0.1, 0.15) is 51.7 Å². The second-order valence-electron chi connectivity index (χ2n) is 9.68. The lowest BCUT2D eigenvalue weighted by Crippen LogP contribution is -2.35. The quantitative estimate of drug-likeness (QED) is 0.697. The normalized spacial score (nSPS) is 21.8. The maximum Gasteiger partial charge on any atom is 0.231 e. The molecule has 0 amide bonds. The van der Waals surface area contributed by atoms with Crippen molar-refractivity contribution < 1.29 is 16.8 Å². The highest BCUT2D eigenvalue weighted by Crippen LogP contribution is 2.44. The molecule has 0 atom stereocenters. The molecule has 0 fully saturated rings. The molecular formula is C22H32N2O4S2. The van der Waals surface area contributed by atoms with E-state index in [2.05, 4.69) is 27.7 Å². The van der Waals surface area contributed by atoms with Gasteiger partial charge in [-0.25, -0.2) is 16.8 Å². The molecule has 3 rings (SSSR count). The van der Waals surface area contributed by atoms with E-state index in [1.54, 1.807) is 12.4 Å². The Hall–Kier alpha value is -1.80. The van der Waals surface area contributed by atoms with Crippen LogP contribution in [0.15, 0.2) is 36.7 Å². The summed E-state index contributed by atoms with van der Waals surface area (Å²) in [6.07, 6.45) is 7.46. The molecule has 0 unspecified atom stereocenters. The fourth-order valence-corrected chi connectivity index (χ4v) is 5.54. The first kappa shape index (κ1) is 22.9. The van der Waals surface area contributed by atoms with Crippen molar-refractivity contribution in [3.8, 4) is 0 Å². The smallest absolute Gasteiger partial charge is 0.231 e. The molecule has 2 heterocycles. The lowest BCUT2D eigenvalue weighted by Gasteiger charge is -2.38. The van der Waals surface area contributed by atoms with Gasteiger partial charge in [-0.3, -0.25) is 8.61 Å². The fraction of sp³-hybridized carbons (Fsp3) is 0.545. The van der Waals surface area contributed by atoms with Gasteiger partial charge in [0.25, 0.3) is 0 Å². The lowest BCUT2D eigenvalue weighted by molar-refractivity contribution is 0.367. The predicted molar refractivity (Wildman–Crippen MR) is 122 cm³/mol. The molecule has 0 saturated heterocycles. The van der Waals surface area contributed by atoms with E-state index in [9.17, 15) is 16.8 Å². The Morgan fingerprint density at radius 1 is 0.667 bits per heavy atom. The van der Waals surface area contributed by atoms with Crippen molar-refractivity contribution in [2.45, 2.75) is 40.5 Å². The largest absolute Gasteiger partial charge is 0.277 e. The average molecular weight is 453 g/mol. The molecule has 0 aromatic heterocycles. The summed E-state index contributed by atoms with van der Waals surface area (Å²) in [4.78, 5) is 0. The maximum absolute atomic E-state index is 12.0. The summed E-state index contributed by atoms with van der Waals surface area (Å²) >= 11 is 0. The molecule has 0 bridgehead atoms. The molecule has 0 saturated carbocycles. The van der Waals surface area contributed by atoms with Gasteiger partial charge in [-0.2, -0.15) is 0 Å². The van der Waals surface area contributed by atoms with Crippen molar-refractivity contribution in [1.29, 1.82) is 0 Å². The van der Waals surface area contributed by atoms with Gasteiger partial charge >= 0.3 is 0 Å². The highest BCUT2D eigenvalue weighted by Gasteiger charge is 2.34. The van der Waals surface area contributed by atoms with Crippen molar-refractivity contribution in [3.63, 3.8) is 0 Å². The van der Waals surface area contributed by atoms with Gasteiger partial charge in [-0.15, -0.1) is 0 Å². The van der Waals surface area contributed by atoms with Gasteiger partial charge in [0.05, 0.1) is 12.5 Å². The first-order valence-electron chi connectivity index (χ1n) is 10.1. The first-order valence-corrected chi connectivity index (χ1v) is 13.8. The monoisotopic (exact) mass is 452 g/mol. The number of benzene rings is 1. The third kappa shape index (κ3) is 4.59. The summed E-state index contributed by atoms with van der Waals surface area (Å²) in [7, 11) is -6.58.